The maximum Gasteiger partial charge on any atom is 0.341 e. The molecule has 4 heteroatoms. The molecule has 0 saturated heterocycles. The fourth-order valence-corrected chi connectivity index (χ4v) is 1.62. The second-order valence-electron chi connectivity index (χ2n) is 5.65. The second kappa shape index (κ2) is 7.08. The number of benzene rings is 1. The Kier molecular flexibility index (Phi) is 5.74. The average molecular weight is 278 g/mol. The maximum atomic E-state index is 11.8. The molecule has 0 unspecified atom stereocenters. The minimum absolute atomic E-state index is 0.0378. The molecule has 0 saturated carbocycles. The van der Waals surface area contributed by atoms with Gasteiger partial charge in [-0.25, -0.2) is 4.79 Å². The predicted molar refractivity (Wildman–Crippen MR) is 76.4 cm³/mol. The van der Waals surface area contributed by atoms with Gasteiger partial charge >= 0.3 is 11.9 Å². The molecule has 0 N–H and O–H groups in total. The summed E-state index contributed by atoms with van der Waals surface area (Å²) >= 11 is 0. The van der Waals surface area contributed by atoms with E-state index in [9.17, 15) is 9.59 Å². The molecule has 1 aromatic carbocycles. The van der Waals surface area contributed by atoms with E-state index in [1.54, 1.807) is 12.1 Å². The van der Waals surface area contributed by atoms with Crippen molar-refractivity contribution in [2.45, 2.75) is 46.0 Å². The Morgan fingerprint density at radius 3 is 2.45 bits per heavy atom. The van der Waals surface area contributed by atoms with E-state index in [-0.39, 0.29) is 18.2 Å². The molecule has 0 radical (unpaired) electrons. The molecule has 0 aromatic heterocycles. The highest BCUT2D eigenvalue weighted by atomic mass is 16.7. The van der Waals surface area contributed by atoms with Crippen LogP contribution in [0.15, 0.2) is 24.3 Å². The zero-order chi connectivity index (χ0) is 15.2. The molecule has 1 rings (SSSR count). The number of hydrogen-bond acceptors (Lipinski definition) is 4. The summed E-state index contributed by atoms with van der Waals surface area (Å²) in [4.78, 5) is 23.0. The van der Waals surface area contributed by atoms with Crippen LogP contribution in [-0.4, -0.2) is 18.7 Å². The number of carbonyl (C=O) groups is 2. The van der Waals surface area contributed by atoms with Gasteiger partial charge in [0.2, 0.25) is 6.79 Å². The smallest absolute Gasteiger partial charge is 0.341 e. The van der Waals surface area contributed by atoms with Gasteiger partial charge in [0, 0.05) is 6.42 Å². The normalized spacial score (nSPS) is 11.0. The molecular weight excluding hydrogens is 256 g/mol. The van der Waals surface area contributed by atoms with E-state index in [1.165, 1.54) is 0 Å². The van der Waals surface area contributed by atoms with E-state index in [2.05, 4.69) is 20.8 Å². The molecule has 0 atom stereocenters. The molecule has 0 aliphatic rings. The topological polar surface area (TPSA) is 52.6 Å². The maximum absolute atomic E-state index is 11.8. The van der Waals surface area contributed by atoms with Crippen LogP contribution in [0.3, 0.4) is 0 Å². The molecule has 0 spiro atoms. The minimum Gasteiger partial charge on any atom is -0.428 e. The highest BCUT2D eigenvalue weighted by Gasteiger charge is 2.16. The lowest BCUT2D eigenvalue weighted by atomic mass is 9.86. The van der Waals surface area contributed by atoms with Gasteiger partial charge in [-0.2, -0.15) is 0 Å². The lowest BCUT2D eigenvalue weighted by molar-refractivity contribution is -0.152. The molecule has 20 heavy (non-hydrogen) atoms. The first-order valence-electron chi connectivity index (χ1n) is 6.78. The van der Waals surface area contributed by atoms with Crippen LogP contribution < -0.4 is 0 Å². The Morgan fingerprint density at radius 1 is 1.15 bits per heavy atom. The van der Waals surface area contributed by atoms with E-state index < -0.39 is 5.97 Å². The van der Waals surface area contributed by atoms with Gasteiger partial charge in [-0.3, -0.25) is 4.79 Å². The largest absolute Gasteiger partial charge is 0.428 e. The van der Waals surface area contributed by atoms with Crippen LogP contribution in [0.4, 0.5) is 0 Å². The van der Waals surface area contributed by atoms with Crippen molar-refractivity contribution in [3.63, 3.8) is 0 Å². The van der Waals surface area contributed by atoms with Crippen molar-refractivity contribution in [3.05, 3.63) is 35.4 Å². The Labute approximate surface area is 120 Å². The molecule has 0 bridgehead atoms. The molecule has 0 aliphatic carbocycles. The first kappa shape index (κ1) is 16.2. The third-order valence-electron chi connectivity index (χ3n) is 2.83. The highest BCUT2D eigenvalue weighted by Crippen LogP contribution is 2.23. The summed E-state index contributed by atoms with van der Waals surface area (Å²) in [5, 5.41) is 0. The Hall–Kier alpha value is -1.84. The first-order chi connectivity index (χ1) is 9.34. The van der Waals surface area contributed by atoms with Crippen LogP contribution in [0.25, 0.3) is 0 Å². The first-order valence-corrected chi connectivity index (χ1v) is 6.78. The fraction of sp³-hybridized carbons (Fsp3) is 0.500. The van der Waals surface area contributed by atoms with Crippen LogP contribution in [0.2, 0.25) is 0 Å². The van der Waals surface area contributed by atoms with Crippen LogP contribution in [0, 0.1) is 0 Å². The van der Waals surface area contributed by atoms with Crippen molar-refractivity contribution in [2.24, 2.45) is 0 Å². The van der Waals surface area contributed by atoms with E-state index in [0.717, 1.165) is 5.56 Å². The predicted octanol–water partition coefficient (Wildman–Crippen LogP) is 3.44. The van der Waals surface area contributed by atoms with Gasteiger partial charge in [-0.15, -0.1) is 0 Å². The number of carbonyl (C=O) groups excluding carboxylic acids is 2. The molecule has 0 amide bonds. The van der Waals surface area contributed by atoms with Gasteiger partial charge < -0.3 is 9.47 Å². The van der Waals surface area contributed by atoms with Crippen molar-refractivity contribution in [1.29, 1.82) is 0 Å². The Bertz CT molecular complexity index is 472. The summed E-state index contributed by atoms with van der Waals surface area (Å²) in [6, 6.07) is 7.28. The fourth-order valence-electron chi connectivity index (χ4n) is 1.62. The summed E-state index contributed by atoms with van der Waals surface area (Å²) < 4.78 is 9.72. The molecule has 4 nitrogen and oxygen atoms in total. The summed E-state index contributed by atoms with van der Waals surface area (Å²) in [7, 11) is 0. The number of rotatable bonds is 5. The number of esters is 2. The monoisotopic (exact) mass is 278 g/mol. The highest BCUT2D eigenvalue weighted by molar-refractivity contribution is 5.89. The third kappa shape index (κ3) is 5.03. The van der Waals surface area contributed by atoms with Crippen LogP contribution in [0.1, 0.15) is 56.5 Å². The molecular formula is C16H22O4. The zero-order valence-corrected chi connectivity index (χ0v) is 12.6. The van der Waals surface area contributed by atoms with Gasteiger partial charge in [0.25, 0.3) is 0 Å². The zero-order valence-electron chi connectivity index (χ0n) is 12.6. The lowest BCUT2D eigenvalue weighted by Crippen LogP contribution is -2.15. The van der Waals surface area contributed by atoms with E-state index in [0.29, 0.717) is 18.4 Å². The van der Waals surface area contributed by atoms with Crippen molar-refractivity contribution in [2.75, 3.05) is 6.79 Å². The quantitative estimate of drug-likeness (QED) is 0.611. The Balaban J connectivity index is 2.58. The van der Waals surface area contributed by atoms with Crippen molar-refractivity contribution < 1.29 is 19.1 Å². The van der Waals surface area contributed by atoms with Crippen molar-refractivity contribution >= 4 is 11.9 Å². The van der Waals surface area contributed by atoms with Crippen molar-refractivity contribution in [1.82, 2.24) is 0 Å². The number of ether oxygens (including phenoxy) is 2. The SMILES string of the molecule is CCCC(=O)OCOC(=O)c1cccc(C(C)(C)C)c1. The number of hydrogen-bond donors (Lipinski definition) is 0. The lowest BCUT2D eigenvalue weighted by Gasteiger charge is -2.19. The Morgan fingerprint density at radius 2 is 1.85 bits per heavy atom. The van der Waals surface area contributed by atoms with Crippen molar-refractivity contribution in [3.8, 4) is 0 Å². The summed E-state index contributed by atoms with van der Waals surface area (Å²) in [5.41, 5.74) is 1.48. The van der Waals surface area contributed by atoms with Gasteiger partial charge in [0.05, 0.1) is 5.56 Å². The van der Waals surface area contributed by atoms with Gasteiger partial charge in [0.1, 0.15) is 0 Å². The summed E-state index contributed by atoms with van der Waals surface area (Å²) in [5.74, 6) is -0.843. The molecule has 0 fully saturated rings. The summed E-state index contributed by atoms with van der Waals surface area (Å²) in [6.07, 6.45) is 1.04. The minimum atomic E-state index is -0.486. The standard InChI is InChI=1S/C16H22O4/c1-5-7-14(17)19-11-20-15(18)12-8-6-9-13(10-12)16(2,3)4/h6,8-10H,5,7,11H2,1-4H3. The van der Waals surface area contributed by atoms with Crippen LogP contribution >= 0.6 is 0 Å². The molecule has 0 aliphatic heterocycles. The molecule has 0 heterocycles. The van der Waals surface area contributed by atoms with Gasteiger partial charge in [-0.05, 0) is 29.5 Å². The van der Waals surface area contributed by atoms with E-state index in [1.807, 2.05) is 19.1 Å². The molecule has 110 valence electrons. The average Bonchev–Trinajstić information content (AvgIpc) is 2.38. The van der Waals surface area contributed by atoms with E-state index >= 15 is 0 Å². The second-order valence-corrected chi connectivity index (χ2v) is 5.65. The van der Waals surface area contributed by atoms with E-state index in [4.69, 9.17) is 9.47 Å². The molecule has 1 aromatic rings. The van der Waals surface area contributed by atoms with Crippen LogP contribution in [-0.2, 0) is 19.7 Å². The van der Waals surface area contributed by atoms with Crippen LogP contribution in [0.5, 0.6) is 0 Å². The summed E-state index contributed by atoms with van der Waals surface area (Å²) in [6.45, 7) is 7.76. The third-order valence-corrected chi connectivity index (χ3v) is 2.83. The van der Waals surface area contributed by atoms with Gasteiger partial charge in [0.15, 0.2) is 0 Å². The van der Waals surface area contributed by atoms with Gasteiger partial charge in [-0.1, -0.05) is 39.8 Å².